The van der Waals surface area contributed by atoms with Gasteiger partial charge in [0.15, 0.2) is 11.6 Å². The van der Waals surface area contributed by atoms with Crippen molar-refractivity contribution in [3.05, 3.63) is 320 Å². The Kier molecular flexibility index (Phi) is 21.8. The van der Waals surface area contributed by atoms with Crippen molar-refractivity contribution < 1.29 is 0 Å². The molecule has 0 saturated heterocycles. The third-order valence-electron chi connectivity index (χ3n) is 19.6. The van der Waals surface area contributed by atoms with Gasteiger partial charge < -0.3 is 0 Å². The normalized spacial score (nSPS) is 12.1. The molecule has 0 aliphatic rings. The molecule has 111 heavy (non-hydrogen) atoms. The monoisotopic (exact) mass is 1460 g/mol. The summed E-state index contributed by atoms with van der Waals surface area (Å²) in [6, 6.07) is 89.5. The van der Waals surface area contributed by atoms with Crippen LogP contribution in [0.15, 0.2) is 286 Å². The first kappa shape index (κ1) is 77.0. The summed E-state index contributed by atoms with van der Waals surface area (Å²) in [6.07, 6.45) is 7.85. The summed E-state index contributed by atoms with van der Waals surface area (Å²) in [4.78, 5) is 47.6. The topological polar surface area (TPSA) is 144 Å². The highest BCUT2D eigenvalue weighted by molar-refractivity contribution is 6.11. The molecule has 0 radical (unpaired) electrons. The second-order valence-corrected chi connectivity index (χ2v) is 34.4. The largest absolute Gasteiger partial charge is 0.278 e. The van der Waals surface area contributed by atoms with E-state index in [4.69, 9.17) is 15.0 Å². The molecule has 558 valence electrons. The average Bonchev–Trinajstić information content (AvgIpc) is 1.58. The molecule has 8 aromatic heterocycles. The van der Waals surface area contributed by atoms with Crippen LogP contribution in [0.4, 0.5) is 0 Å². The van der Waals surface area contributed by atoms with Gasteiger partial charge in [0.25, 0.3) is 0 Å². The molecule has 0 spiro atoms. The van der Waals surface area contributed by atoms with Gasteiger partial charge in [0.1, 0.15) is 11.6 Å². The molecule has 13 nitrogen and oxygen atoms in total. The predicted octanol–water partition coefficient (Wildman–Crippen LogP) is 24.5. The highest BCUT2D eigenvalue weighted by atomic mass is 15.3. The summed E-state index contributed by atoms with van der Waals surface area (Å²) in [5.41, 5.74) is 15.9. The van der Waals surface area contributed by atoms with Crippen molar-refractivity contribution in [2.75, 3.05) is 0 Å². The zero-order valence-electron chi connectivity index (χ0n) is 67.4. The molecule has 0 atom stereocenters. The van der Waals surface area contributed by atoms with Crippen LogP contribution >= 0.6 is 0 Å². The Morgan fingerprint density at radius 3 is 0.793 bits per heavy atom. The number of para-hydroxylation sites is 6. The van der Waals surface area contributed by atoms with E-state index in [0.717, 1.165) is 90.4 Å². The SMILES string of the molecule is CC(C)(C)c1ccc(-c2ccccc2)nc1.CC(C)(C)c1ccc(C(C)(C)C)nc1.CC(C)(C)c1cnc(-n2c3ccccc3c3ccccc32)nc1.CC(C)(C)c1nc(-c2ccccc2)nc(-c2ccccc2)n1.CC(C)(C)c1nc(-n2c3ccccc3c3ccccc32)nc(-n2c3ccccc3c3ccccc32)n1. The second-order valence-electron chi connectivity index (χ2n) is 34.4. The lowest BCUT2D eigenvalue weighted by Gasteiger charge is -2.22. The molecule has 0 saturated carbocycles. The number of nitrogens with zero attached hydrogens (tertiary/aromatic N) is 13. The molecule has 0 fully saturated rings. The predicted molar refractivity (Wildman–Crippen MR) is 462 cm³/mol. The number of hydrogen-bond donors (Lipinski definition) is 0. The van der Waals surface area contributed by atoms with Crippen LogP contribution < -0.4 is 0 Å². The molecular formula is C98H101N13. The number of pyridine rings is 2. The first-order valence-corrected chi connectivity index (χ1v) is 38.3. The minimum atomic E-state index is -0.260. The molecule has 17 aromatic rings. The second kappa shape index (κ2) is 31.4. The van der Waals surface area contributed by atoms with E-state index in [0.29, 0.717) is 11.9 Å². The van der Waals surface area contributed by atoms with Crippen LogP contribution in [0, 0.1) is 0 Å². The van der Waals surface area contributed by atoms with Crippen LogP contribution in [0.25, 0.3) is 117 Å². The Labute approximate surface area is 653 Å². The van der Waals surface area contributed by atoms with E-state index >= 15 is 0 Å². The fourth-order valence-electron chi connectivity index (χ4n) is 13.2. The zero-order chi connectivity index (χ0) is 78.6. The van der Waals surface area contributed by atoms with Crippen molar-refractivity contribution >= 4 is 65.4 Å². The van der Waals surface area contributed by atoms with Gasteiger partial charge in [-0.25, -0.2) is 24.9 Å². The summed E-state index contributed by atoms with van der Waals surface area (Å²) in [5, 5.41) is 7.19. The Morgan fingerprint density at radius 1 is 0.207 bits per heavy atom. The van der Waals surface area contributed by atoms with Gasteiger partial charge >= 0.3 is 0 Å². The van der Waals surface area contributed by atoms with Gasteiger partial charge in [0.2, 0.25) is 17.8 Å². The van der Waals surface area contributed by atoms with E-state index in [-0.39, 0.29) is 32.5 Å². The van der Waals surface area contributed by atoms with Gasteiger partial charge in [0.05, 0.1) is 38.8 Å². The van der Waals surface area contributed by atoms with Gasteiger partial charge in [-0.1, -0.05) is 337 Å². The van der Waals surface area contributed by atoms with E-state index in [1.165, 1.54) is 49.0 Å². The maximum atomic E-state index is 5.14. The molecule has 0 bridgehead atoms. The third-order valence-corrected chi connectivity index (χ3v) is 19.6. The van der Waals surface area contributed by atoms with Gasteiger partial charge in [0, 0.05) is 95.7 Å². The van der Waals surface area contributed by atoms with Gasteiger partial charge in [-0.3, -0.25) is 23.7 Å². The van der Waals surface area contributed by atoms with Crippen molar-refractivity contribution in [2.24, 2.45) is 0 Å². The molecule has 0 unspecified atom stereocenters. The first-order chi connectivity index (χ1) is 52.9. The van der Waals surface area contributed by atoms with E-state index in [9.17, 15) is 0 Å². The Hall–Kier alpha value is -12.2. The van der Waals surface area contributed by atoms with Crippen molar-refractivity contribution in [3.63, 3.8) is 0 Å². The molecule has 9 aromatic carbocycles. The molecule has 0 aliphatic carbocycles. The number of aromatic nitrogens is 13. The van der Waals surface area contributed by atoms with E-state index in [2.05, 4.69) is 355 Å². The summed E-state index contributed by atoms with van der Waals surface area (Å²) >= 11 is 0. The quantitative estimate of drug-likeness (QED) is 0.158. The molecule has 0 aliphatic heterocycles. The minimum absolute atomic E-state index is 0.0549. The third kappa shape index (κ3) is 17.3. The first-order valence-electron chi connectivity index (χ1n) is 38.3. The fourth-order valence-corrected chi connectivity index (χ4v) is 13.2. The molecule has 17 rings (SSSR count). The van der Waals surface area contributed by atoms with Crippen LogP contribution in [-0.2, 0) is 32.5 Å². The lowest BCUT2D eigenvalue weighted by atomic mass is 9.86. The molecular weight excluding hydrogens is 1360 g/mol. The highest BCUT2D eigenvalue weighted by Crippen LogP contribution is 2.37. The van der Waals surface area contributed by atoms with Crippen LogP contribution in [0.5, 0.6) is 0 Å². The van der Waals surface area contributed by atoms with Crippen LogP contribution in [0.2, 0.25) is 0 Å². The van der Waals surface area contributed by atoms with Crippen molar-refractivity contribution in [1.82, 2.24) is 63.5 Å². The average molecular weight is 1460 g/mol. The number of benzene rings is 9. The maximum absolute atomic E-state index is 5.14. The summed E-state index contributed by atoms with van der Waals surface area (Å²) < 4.78 is 6.47. The van der Waals surface area contributed by atoms with Crippen molar-refractivity contribution in [2.45, 2.75) is 157 Å². The Morgan fingerprint density at radius 2 is 0.495 bits per heavy atom. The minimum Gasteiger partial charge on any atom is -0.278 e. The summed E-state index contributed by atoms with van der Waals surface area (Å²) in [6.45, 7) is 39.1. The lowest BCUT2D eigenvalue weighted by Crippen LogP contribution is -2.20. The van der Waals surface area contributed by atoms with Crippen LogP contribution in [0.1, 0.15) is 159 Å². The summed E-state index contributed by atoms with van der Waals surface area (Å²) in [5.74, 6) is 4.98. The van der Waals surface area contributed by atoms with Gasteiger partial charge in [-0.05, 0) is 81.5 Å². The molecule has 0 N–H and O–H groups in total. The Balaban J connectivity index is 0.000000127. The van der Waals surface area contributed by atoms with Crippen molar-refractivity contribution in [1.29, 1.82) is 0 Å². The number of hydrogen-bond acceptors (Lipinski definition) is 10. The highest BCUT2D eigenvalue weighted by Gasteiger charge is 2.27. The van der Waals surface area contributed by atoms with Gasteiger partial charge in [-0.15, -0.1) is 0 Å². The Bertz CT molecular complexity index is 5650. The van der Waals surface area contributed by atoms with Crippen LogP contribution in [-0.4, -0.2) is 63.5 Å². The molecule has 13 heteroatoms. The smallest absolute Gasteiger partial charge is 0.239 e. The number of fused-ring (bicyclic) bond motifs is 9. The molecule has 8 heterocycles. The van der Waals surface area contributed by atoms with E-state index < -0.39 is 0 Å². The summed E-state index contributed by atoms with van der Waals surface area (Å²) in [7, 11) is 0. The maximum Gasteiger partial charge on any atom is 0.239 e. The fraction of sp³-hybridized carbons (Fsp3) is 0.245. The zero-order valence-corrected chi connectivity index (χ0v) is 67.4. The lowest BCUT2D eigenvalue weighted by molar-refractivity contribution is 0.537. The van der Waals surface area contributed by atoms with E-state index in [1.807, 2.05) is 104 Å². The van der Waals surface area contributed by atoms with Crippen molar-refractivity contribution in [3.8, 4) is 51.9 Å². The molecule has 0 amide bonds. The van der Waals surface area contributed by atoms with E-state index in [1.54, 1.807) is 0 Å². The van der Waals surface area contributed by atoms with Gasteiger partial charge in [-0.2, -0.15) is 15.0 Å². The number of rotatable bonds is 6. The standard InChI is InChI=1S/C31H25N5.C20H19N3.C19H19N3.C15H17N.C13H21N/c1-31(2,3)28-32-29(35-24-16-8-4-12-20(24)21-13-5-9-17-25(21)35)34-30(33-28)36-26-18-10-6-14-22(26)23-15-7-11-19-27(23)36;1-20(2,3)14-12-21-19(22-13-14)23-17-10-6-4-8-15(17)16-9-5-7-11-18(16)23;1-19(2,3)18-21-16(14-10-6-4-7-11-14)20-17(22-18)15-12-8-5-9-13-15;1-15(2,3)13-9-10-14(16-11-13)12-7-5-4-6-8-12;1-12(2,3)10-7-8-11(14-9-10)13(4,5)6/h4-19H,1-3H3;4-13H,1-3H3;4-13H,1-3H3;4-11H,1-3H3;7-9H,1-6H3. The van der Waals surface area contributed by atoms with Crippen LogP contribution in [0.3, 0.4) is 0 Å².